The van der Waals surface area contributed by atoms with Crippen LogP contribution in [-0.4, -0.2) is 60.2 Å². The molecule has 1 amide bonds. The van der Waals surface area contributed by atoms with E-state index in [1.54, 1.807) is 12.1 Å². The molecule has 1 aromatic heterocycles. The predicted molar refractivity (Wildman–Crippen MR) is 126 cm³/mol. The van der Waals surface area contributed by atoms with E-state index in [9.17, 15) is 13.6 Å². The van der Waals surface area contributed by atoms with Crippen LogP contribution < -0.4 is 15.4 Å². The topological polar surface area (TPSA) is 88.6 Å². The third-order valence-corrected chi connectivity index (χ3v) is 5.47. The molecule has 0 saturated carbocycles. The summed E-state index contributed by atoms with van der Waals surface area (Å²) in [6.45, 7) is 6.99. The van der Waals surface area contributed by atoms with Crippen molar-refractivity contribution in [2.24, 2.45) is 0 Å². The van der Waals surface area contributed by atoms with E-state index in [0.29, 0.717) is 54.5 Å². The van der Waals surface area contributed by atoms with Crippen LogP contribution in [0.2, 0.25) is 5.02 Å². The van der Waals surface area contributed by atoms with Crippen molar-refractivity contribution in [3.63, 3.8) is 0 Å². The number of benzene rings is 2. The molecule has 1 fully saturated rings. The highest BCUT2D eigenvalue weighted by molar-refractivity contribution is 6.31. The number of anilines is 3. The van der Waals surface area contributed by atoms with Gasteiger partial charge in [-0.1, -0.05) is 18.2 Å². The first kappa shape index (κ1) is 23.8. The van der Waals surface area contributed by atoms with Crippen molar-refractivity contribution in [2.75, 3.05) is 50.1 Å². The molecular formula is C23H22ClF2N5O3. The van der Waals surface area contributed by atoms with Gasteiger partial charge >= 0.3 is 0 Å². The highest BCUT2D eigenvalue weighted by Gasteiger charge is 2.16. The van der Waals surface area contributed by atoms with E-state index in [4.69, 9.17) is 21.1 Å². The van der Waals surface area contributed by atoms with E-state index in [2.05, 4.69) is 32.1 Å². The molecule has 2 aromatic carbocycles. The third kappa shape index (κ3) is 5.77. The maximum Gasteiger partial charge on any atom is 0.283 e. The number of fused-ring (bicyclic) bond motifs is 1. The molecule has 0 bridgehead atoms. The summed E-state index contributed by atoms with van der Waals surface area (Å²) in [6.07, 6.45) is 1.36. The lowest BCUT2D eigenvalue weighted by atomic mass is 10.1. The molecule has 2 heterocycles. The standard InChI is InChI=1S/C23H22ClF2N5O3/c1-14(25)23(32)30-20-11-16-19(12-21(20)34-9-6-31-4-7-33-8-5-31)27-13-28-22(16)29-15-2-3-18(26)17(24)10-15/h2-3,10-13H,1,4-9H2,(H,30,32)(H,27,28,29). The Morgan fingerprint density at radius 2 is 2.03 bits per heavy atom. The van der Waals surface area contributed by atoms with Gasteiger partial charge in [-0.2, -0.15) is 0 Å². The van der Waals surface area contributed by atoms with Gasteiger partial charge < -0.3 is 20.1 Å². The number of hydrogen-bond donors (Lipinski definition) is 2. The first-order valence-corrected chi connectivity index (χ1v) is 10.9. The Morgan fingerprint density at radius 3 is 2.76 bits per heavy atom. The minimum absolute atomic E-state index is 0.0475. The molecule has 4 rings (SSSR count). The lowest BCUT2D eigenvalue weighted by Crippen LogP contribution is -2.38. The molecule has 0 spiro atoms. The average Bonchev–Trinajstić information content (AvgIpc) is 2.82. The van der Waals surface area contributed by atoms with Crippen LogP contribution in [0.1, 0.15) is 0 Å². The molecule has 0 atom stereocenters. The Labute approximate surface area is 199 Å². The minimum Gasteiger partial charge on any atom is -0.490 e. The lowest BCUT2D eigenvalue weighted by Gasteiger charge is -2.26. The van der Waals surface area contributed by atoms with Crippen molar-refractivity contribution in [1.82, 2.24) is 14.9 Å². The number of nitrogens with one attached hydrogen (secondary N) is 2. The normalized spacial score (nSPS) is 14.1. The Balaban J connectivity index is 1.63. The number of carbonyl (C=O) groups excluding carboxylic acids is 1. The number of carbonyl (C=O) groups is 1. The van der Waals surface area contributed by atoms with Crippen molar-refractivity contribution in [3.05, 3.63) is 59.9 Å². The number of hydrogen-bond acceptors (Lipinski definition) is 7. The summed E-state index contributed by atoms with van der Waals surface area (Å²) in [5.74, 6) is -1.97. The van der Waals surface area contributed by atoms with Crippen molar-refractivity contribution >= 4 is 45.6 Å². The van der Waals surface area contributed by atoms with Crippen molar-refractivity contribution in [2.45, 2.75) is 0 Å². The van der Waals surface area contributed by atoms with Gasteiger partial charge in [-0.05, 0) is 24.3 Å². The first-order valence-electron chi connectivity index (χ1n) is 10.5. The summed E-state index contributed by atoms with van der Waals surface area (Å²) < 4.78 is 38.2. The molecule has 3 aromatic rings. The zero-order valence-corrected chi connectivity index (χ0v) is 18.9. The molecule has 8 nitrogen and oxygen atoms in total. The zero-order chi connectivity index (χ0) is 24.1. The number of nitrogens with zero attached hydrogens (tertiary/aromatic N) is 3. The molecule has 1 saturated heterocycles. The molecule has 0 unspecified atom stereocenters. The van der Waals surface area contributed by atoms with Crippen LogP contribution in [0.3, 0.4) is 0 Å². The van der Waals surface area contributed by atoms with Crippen molar-refractivity contribution in [3.8, 4) is 5.75 Å². The molecule has 11 heteroatoms. The van der Waals surface area contributed by atoms with E-state index in [-0.39, 0.29) is 10.7 Å². The van der Waals surface area contributed by atoms with Crippen LogP contribution in [0.25, 0.3) is 10.9 Å². The Kier molecular flexibility index (Phi) is 7.51. The highest BCUT2D eigenvalue weighted by Crippen LogP contribution is 2.34. The fourth-order valence-electron chi connectivity index (χ4n) is 3.41. The van der Waals surface area contributed by atoms with Gasteiger partial charge in [0.05, 0.1) is 29.4 Å². The van der Waals surface area contributed by atoms with Gasteiger partial charge in [0, 0.05) is 36.8 Å². The van der Waals surface area contributed by atoms with E-state index >= 15 is 0 Å². The van der Waals surface area contributed by atoms with E-state index in [1.165, 1.54) is 24.5 Å². The number of rotatable bonds is 8. The second-order valence-electron chi connectivity index (χ2n) is 7.50. The fourth-order valence-corrected chi connectivity index (χ4v) is 3.59. The molecule has 34 heavy (non-hydrogen) atoms. The summed E-state index contributed by atoms with van der Waals surface area (Å²) in [5.41, 5.74) is 1.25. The van der Waals surface area contributed by atoms with Gasteiger partial charge in [0.1, 0.15) is 30.3 Å². The molecule has 2 N–H and O–H groups in total. The van der Waals surface area contributed by atoms with Crippen molar-refractivity contribution in [1.29, 1.82) is 0 Å². The van der Waals surface area contributed by atoms with E-state index in [0.717, 1.165) is 13.1 Å². The number of morpholine rings is 1. The molecule has 178 valence electrons. The van der Waals surface area contributed by atoms with Crippen molar-refractivity contribution < 1.29 is 23.0 Å². The smallest absolute Gasteiger partial charge is 0.283 e. The summed E-state index contributed by atoms with van der Waals surface area (Å²) in [4.78, 5) is 22.7. The van der Waals surface area contributed by atoms with Gasteiger partial charge in [0.25, 0.3) is 5.91 Å². The Morgan fingerprint density at radius 1 is 1.24 bits per heavy atom. The SMILES string of the molecule is C=C(F)C(=O)Nc1cc2c(Nc3ccc(F)c(Cl)c3)ncnc2cc1OCCN1CCOCC1. The van der Waals surface area contributed by atoms with Crippen LogP contribution in [0.5, 0.6) is 5.75 Å². The van der Waals surface area contributed by atoms with Crippen LogP contribution in [0.15, 0.2) is 49.1 Å². The quantitative estimate of drug-likeness (QED) is 0.456. The predicted octanol–water partition coefficient (Wildman–Crippen LogP) is 4.30. The Hall–Kier alpha value is -3.34. The third-order valence-electron chi connectivity index (χ3n) is 5.18. The zero-order valence-electron chi connectivity index (χ0n) is 18.1. The van der Waals surface area contributed by atoms with E-state index < -0.39 is 17.6 Å². The summed E-state index contributed by atoms with van der Waals surface area (Å²) in [6, 6.07) is 7.37. The van der Waals surface area contributed by atoms with Crippen LogP contribution in [-0.2, 0) is 9.53 Å². The second kappa shape index (κ2) is 10.7. The maximum atomic E-state index is 13.5. The largest absolute Gasteiger partial charge is 0.490 e. The summed E-state index contributed by atoms with van der Waals surface area (Å²) >= 11 is 5.87. The van der Waals surface area contributed by atoms with Gasteiger partial charge in [0.15, 0.2) is 5.83 Å². The molecule has 0 aliphatic carbocycles. The number of aromatic nitrogens is 2. The van der Waals surface area contributed by atoms with E-state index in [1.807, 2.05) is 0 Å². The molecule has 0 radical (unpaired) electrons. The van der Waals surface area contributed by atoms with Gasteiger partial charge in [-0.15, -0.1) is 0 Å². The van der Waals surface area contributed by atoms with Gasteiger partial charge in [-0.3, -0.25) is 9.69 Å². The lowest BCUT2D eigenvalue weighted by molar-refractivity contribution is -0.114. The average molecular weight is 490 g/mol. The van der Waals surface area contributed by atoms with Crippen LogP contribution >= 0.6 is 11.6 Å². The molecular weight excluding hydrogens is 468 g/mol. The minimum atomic E-state index is -1.14. The first-order chi connectivity index (χ1) is 16.4. The number of amides is 1. The Bertz CT molecular complexity index is 1220. The van der Waals surface area contributed by atoms with Crippen LogP contribution in [0, 0.1) is 5.82 Å². The summed E-state index contributed by atoms with van der Waals surface area (Å²) in [7, 11) is 0. The number of ether oxygens (including phenoxy) is 2. The number of halogens is 3. The van der Waals surface area contributed by atoms with Gasteiger partial charge in [-0.25, -0.2) is 18.7 Å². The second-order valence-corrected chi connectivity index (χ2v) is 7.91. The van der Waals surface area contributed by atoms with Gasteiger partial charge in [0.2, 0.25) is 0 Å². The highest BCUT2D eigenvalue weighted by atomic mass is 35.5. The maximum absolute atomic E-state index is 13.5. The monoisotopic (exact) mass is 489 g/mol. The van der Waals surface area contributed by atoms with Crippen LogP contribution in [0.4, 0.5) is 26.0 Å². The molecule has 1 aliphatic rings. The fraction of sp³-hybridized carbons (Fsp3) is 0.261. The summed E-state index contributed by atoms with van der Waals surface area (Å²) in [5, 5.41) is 6.00. The molecule has 1 aliphatic heterocycles.